The zero-order valence-electron chi connectivity index (χ0n) is 18.9. The minimum absolute atomic E-state index is 0.228. The molecule has 0 saturated carbocycles. The molecule has 0 aliphatic rings. The van der Waals surface area contributed by atoms with Crippen molar-refractivity contribution in [1.82, 2.24) is 0 Å². The fourth-order valence-electron chi connectivity index (χ4n) is 3.84. The van der Waals surface area contributed by atoms with E-state index in [1.165, 1.54) is 12.1 Å². The van der Waals surface area contributed by atoms with Gasteiger partial charge in [-0.25, -0.2) is 9.59 Å². The van der Waals surface area contributed by atoms with Crippen LogP contribution in [0.5, 0.6) is 11.5 Å². The average Bonchev–Trinajstić information content (AvgIpc) is 2.86. The van der Waals surface area contributed by atoms with Crippen LogP contribution in [0.15, 0.2) is 109 Å². The first-order valence-electron chi connectivity index (χ1n) is 11.1. The fraction of sp³-hybridized carbons (Fsp3) is 0.0667. The number of para-hydroxylation sites is 1. The molecule has 0 atom stereocenters. The number of carboxylic acids is 2. The lowest BCUT2D eigenvalue weighted by Crippen LogP contribution is -2.08. The van der Waals surface area contributed by atoms with Gasteiger partial charge in [-0.15, -0.1) is 0 Å². The molecule has 5 nitrogen and oxygen atoms in total. The molecule has 4 aromatic carbocycles. The molecule has 0 aliphatic heterocycles. The van der Waals surface area contributed by atoms with E-state index in [-0.39, 0.29) is 11.1 Å². The lowest BCUT2D eigenvalue weighted by Gasteiger charge is -2.11. The third-order valence-electron chi connectivity index (χ3n) is 5.48. The highest BCUT2D eigenvalue weighted by atomic mass is 16.5. The maximum absolute atomic E-state index is 11.6. The first-order valence-corrected chi connectivity index (χ1v) is 11.1. The van der Waals surface area contributed by atoms with E-state index in [1.54, 1.807) is 6.07 Å². The second-order valence-electron chi connectivity index (χ2n) is 8.12. The van der Waals surface area contributed by atoms with Gasteiger partial charge in [-0.05, 0) is 65.9 Å². The summed E-state index contributed by atoms with van der Waals surface area (Å²) < 4.78 is 5.88. The van der Waals surface area contributed by atoms with E-state index in [4.69, 9.17) is 4.74 Å². The van der Waals surface area contributed by atoms with Gasteiger partial charge >= 0.3 is 11.9 Å². The van der Waals surface area contributed by atoms with Crippen molar-refractivity contribution < 1.29 is 24.5 Å². The van der Waals surface area contributed by atoms with Crippen molar-refractivity contribution >= 4 is 18.0 Å². The van der Waals surface area contributed by atoms with E-state index >= 15 is 0 Å². The minimum atomic E-state index is -1.27. The van der Waals surface area contributed by atoms with Crippen molar-refractivity contribution in [2.24, 2.45) is 0 Å². The number of hydrogen-bond donors (Lipinski definition) is 2. The number of ether oxygens (including phenoxy) is 1. The molecule has 0 amide bonds. The molecular formula is C30H24O5. The number of carboxylic acid groups (broad SMARTS) is 2. The van der Waals surface area contributed by atoms with Crippen LogP contribution in [0.3, 0.4) is 0 Å². The molecule has 5 heteroatoms. The van der Waals surface area contributed by atoms with E-state index in [0.717, 1.165) is 28.2 Å². The minimum Gasteiger partial charge on any atom is -0.478 e. The summed E-state index contributed by atoms with van der Waals surface area (Å²) in [6.45, 7) is 0. The predicted octanol–water partition coefficient (Wildman–Crippen LogP) is 6.74. The van der Waals surface area contributed by atoms with Crippen molar-refractivity contribution in [2.75, 3.05) is 0 Å². The van der Waals surface area contributed by atoms with Crippen LogP contribution in [0.4, 0.5) is 0 Å². The van der Waals surface area contributed by atoms with E-state index in [2.05, 4.69) is 0 Å². The Hall–Kier alpha value is -4.64. The molecule has 0 spiro atoms. The van der Waals surface area contributed by atoms with Crippen LogP contribution in [0, 0.1) is 0 Å². The van der Waals surface area contributed by atoms with Crippen LogP contribution in [0.1, 0.15) is 37.4 Å². The molecule has 0 aromatic heterocycles. The Kier molecular flexibility index (Phi) is 7.38. The van der Waals surface area contributed by atoms with Gasteiger partial charge in [0.25, 0.3) is 0 Å². The molecule has 0 unspecified atom stereocenters. The molecule has 2 N–H and O–H groups in total. The molecule has 0 aliphatic carbocycles. The van der Waals surface area contributed by atoms with Gasteiger partial charge in [-0.1, -0.05) is 78.4 Å². The maximum Gasteiger partial charge on any atom is 0.336 e. The Labute approximate surface area is 203 Å². The number of carbonyl (C=O) groups is 2. The molecule has 0 saturated heterocycles. The van der Waals surface area contributed by atoms with Gasteiger partial charge in [0.05, 0.1) is 11.1 Å². The highest BCUT2D eigenvalue weighted by Gasteiger charge is 2.16. The normalized spacial score (nSPS) is 11.1. The molecule has 4 aromatic rings. The van der Waals surface area contributed by atoms with Crippen LogP contribution < -0.4 is 4.74 Å². The molecule has 0 heterocycles. The molecule has 0 fully saturated rings. The number of benzene rings is 4. The van der Waals surface area contributed by atoms with Gasteiger partial charge < -0.3 is 14.9 Å². The number of aromatic carboxylic acids is 2. The lowest BCUT2D eigenvalue weighted by atomic mass is 9.95. The molecule has 0 radical (unpaired) electrons. The summed E-state index contributed by atoms with van der Waals surface area (Å²) in [4.78, 5) is 23.0. The zero-order chi connectivity index (χ0) is 24.6. The Balaban J connectivity index is 1.61. The zero-order valence-corrected chi connectivity index (χ0v) is 18.9. The molecule has 35 heavy (non-hydrogen) atoms. The quantitative estimate of drug-likeness (QED) is 0.286. The summed E-state index contributed by atoms with van der Waals surface area (Å²) in [6, 6.07) is 31.8. The Bertz CT molecular complexity index is 1340. The van der Waals surface area contributed by atoms with Crippen LogP contribution in [0.2, 0.25) is 0 Å². The van der Waals surface area contributed by atoms with Gasteiger partial charge in [0.2, 0.25) is 0 Å². The van der Waals surface area contributed by atoms with Gasteiger partial charge in [-0.3, -0.25) is 0 Å². The number of rotatable bonds is 9. The topological polar surface area (TPSA) is 83.8 Å². The van der Waals surface area contributed by atoms with Crippen molar-refractivity contribution in [2.45, 2.75) is 12.8 Å². The predicted molar refractivity (Wildman–Crippen MR) is 135 cm³/mol. The highest BCUT2D eigenvalue weighted by Crippen LogP contribution is 2.24. The SMILES string of the molecule is O=C(O)c1ccc(/C=C(/Cc2ccccc2)Cc2ccc(Oc3ccccc3)cc2)cc1C(=O)O. The van der Waals surface area contributed by atoms with Gasteiger partial charge in [0.15, 0.2) is 0 Å². The second kappa shape index (κ2) is 11.0. The highest BCUT2D eigenvalue weighted by molar-refractivity contribution is 6.02. The molecule has 174 valence electrons. The van der Waals surface area contributed by atoms with E-state index < -0.39 is 11.9 Å². The third kappa shape index (κ3) is 6.45. The molecule has 0 bridgehead atoms. The lowest BCUT2D eigenvalue weighted by molar-refractivity contribution is 0.0651. The summed E-state index contributed by atoms with van der Waals surface area (Å²) in [6.07, 6.45) is 3.25. The van der Waals surface area contributed by atoms with Crippen molar-refractivity contribution in [3.63, 3.8) is 0 Å². The van der Waals surface area contributed by atoms with Crippen LogP contribution in [-0.4, -0.2) is 22.2 Å². The standard InChI is InChI=1S/C30H24O5/c31-29(32)27-16-13-23(20-28(27)30(33)34)19-24(17-21-7-3-1-4-8-21)18-22-11-14-26(15-12-22)35-25-9-5-2-6-10-25/h1-16,19-20H,17-18H2,(H,31,32)(H,33,34)/b24-19-. The maximum atomic E-state index is 11.6. The first-order chi connectivity index (χ1) is 17.0. The smallest absolute Gasteiger partial charge is 0.336 e. The fourth-order valence-corrected chi connectivity index (χ4v) is 3.84. The largest absolute Gasteiger partial charge is 0.478 e. The monoisotopic (exact) mass is 464 g/mol. The van der Waals surface area contributed by atoms with Gasteiger partial charge in [-0.2, -0.15) is 0 Å². The van der Waals surface area contributed by atoms with Crippen molar-refractivity contribution in [3.8, 4) is 11.5 Å². The summed E-state index contributed by atoms with van der Waals surface area (Å²) in [5, 5.41) is 18.8. The Morgan fingerprint density at radius 2 is 1.17 bits per heavy atom. The van der Waals surface area contributed by atoms with E-state index in [1.807, 2.05) is 91.0 Å². The summed E-state index contributed by atoms with van der Waals surface area (Å²) in [5.41, 5.74) is 3.45. The first kappa shape index (κ1) is 23.5. The second-order valence-corrected chi connectivity index (χ2v) is 8.12. The molecule has 4 rings (SSSR count). The van der Waals surface area contributed by atoms with Crippen LogP contribution in [-0.2, 0) is 12.8 Å². The Morgan fingerprint density at radius 1 is 0.629 bits per heavy atom. The Morgan fingerprint density at radius 3 is 1.77 bits per heavy atom. The van der Waals surface area contributed by atoms with Crippen LogP contribution >= 0.6 is 0 Å². The summed E-state index contributed by atoms with van der Waals surface area (Å²) in [5.74, 6) is -1.02. The van der Waals surface area contributed by atoms with Crippen molar-refractivity contribution in [3.05, 3.63) is 137 Å². The summed E-state index contributed by atoms with van der Waals surface area (Å²) >= 11 is 0. The number of hydrogen-bond acceptors (Lipinski definition) is 3. The van der Waals surface area contributed by atoms with Gasteiger partial charge in [0.1, 0.15) is 11.5 Å². The van der Waals surface area contributed by atoms with Crippen LogP contribution in [0.25, 0.3) is 6.08 Å². The van der Waals surface area contributed by atoms with Crippen molar-refractivity contribution in [1.29, 1.82) is 0 Å². The molecular weight excluding hydrogens is 440 g/mol. The van der Waals surface area contributed by atoms with Gasteiger partial charge in [0, 0.05) is 0 Å². The van der Waals surface area contributed by atoms with E-state index in [0.29, 0.717) is 18.4 Å². The average molecular weight is 465 g/mol. The van der Waals surface area contributed by atoms with E-state index in [9.17, 15) is 19.8 Å². The third-order valence-corrected chi connectivity index (χ3v) is 5.48. The number of allylic oxidation sites excluding steroid dienone is 1. The summed E-state index contributed by atoms with van der Waals surface area (Å²) in [7, 11) is 0.